The number of carbonyl (C=O) groups is 2. The van der Waals surface area contributed by atoms with Gasteiger partial charge >= 0.3 is 5.97 Å². The summed E-state index contributed by atoms with van der Waals surface area (Å²) in [5.74, 6) is -2.15. The molecular formula is C25H21NO5. The van der Waals surface area contributed by atoms with Crippen LogP contribution < -0.4 is 4.90 Å². The number of benzene rings is 3. The molecule has 0 aromatic heterocycles. The summed E-state index contributed by atoms with van der Waals surface area (Å²) >= 11 is 0. The van der Waals surface area contributed by atoms with Crippen LogP contribution in [0.2, 0.25) is 0 Å². The number of fused-ring (bicyclic) bond motifs is 3. The van der Waals surface area contributed by atoms with Crippen LogP contribution in [0.15, 0.2) is 66.7 Å². The molecule has 5 rings (SSSR count). The van der Waals surface area contributed by atoms with Gasteiger partial charge < -0.3 is 19.1 Å². The molecule has 1 fully saturated rings. The van der Waals surface area contributed by atoms with Gasteiger partial charge in [-0.05, 0) is 34.0 Å². The van der Waals surface area contributed by atoms with Gasteiger partial charge in [0, 0.05) is 11.6 Å². The van der Waals surface area contributed by atoms with Gasteiger partial charge in [0.2, 0.25) is 0 Å². The number of ether oxygens (including phenoxy) is 3. The van der Waals surface area contributed by atoms with Crippen molar-refractivity contribution < 1.29 is 23.8 Å². The topological polar surface area (TPSA) is 65.1 Å². The van der Waals surface area contributed by atoms with E-state index in [9.17, 15) is 9.59 Å². The molecule has 0 saturated carbocycles. The smallest absolute Gasteiger partial charge is 0.330 e. The Morgan fingerprint density at radius 2 is 1.84 bits per heavy atom. The van der Waals surface area contributed by atoms with Crippen molar-refractivity contribution in [2.75, 3.05) is 25.2 Å². The monoisotopic (exact) mass is 415 g/mol. The average molecular weight is 415 g/mol. The summed E-state index contributed by atoms with van der Waals surface area (Å²) in [6.07, 6.45) is 3.00. The van der Waals surface area contributed by atoms with Crippen LogP contribution in [-0.4, -0.2) is 32.2 Å². The summed E-state index contributed by atoms with van der Waals surface area (Å²) in [7, 11) is 1.33. The number of hydrogen-bond donors (Lipinski definition) is 0. The molecule has 1 spiro atoms. The Morgan fingerprint density at radius 1 is 1.06 bits per heavy atom. The van der Waals surface area contributed by atoms with Crippen LogP contribution in [0.4, 0.5) is 5.69 Å². The predicted octanol–water partition coefficient (Wildman–Crippen LogP) is 3.77. The van der Waals surface area contributed by atoms with E-state index in [1.54, 1.807) is 11.0 Å². The minimum atomic E-state index is -1.43. The summed E-state index contributed by atoms with van der Waals surface area (Å²) in [4.78, 5) is 26.9. The van der Waals surface area contributed by atoms with Gasteiger partial charge in [0.15, 0.2) is 0 Å². The summed E-state index contributed by atoms with van der Waals surface area (Å²) in [6, 6.07) is 19.8. The van der Waals surface area contributed by atoms with Crippen LogP contribution in [-0.2, 0) is 36.1 Å². The number of hydrogen-bond acceptors (Lipinski definition) is 5. The molecule has 0 bridgehead atoms. The second-order valence-corrected chi connectivity index (χ2v) is 7.49. The van der Waals surface area contributed by atoms with E-state index in [1.165, 1.54) is 13.2 Å². The fraction of sp³-hybridized carbons (Fsp3) is 0.200. The maximum atomic E-state index is 13.6. The van der Waals surface area contributed by atoms with E-state index >= 15 is 0 Å². The maximum absolute atomic E-state index is 13.6. The molecule has 6 nitrogen and oxygen atoms in total. The Bertz CT molecular complexity index is 1210. The Morgan fingerprint density at radius 3 is 2.61 bits per heavy atom. The lowest BCUT2D eigenvalue weighted by molar-refractivity contribution is -0.180. The van der Waals surface area contributed by atoms with Gasteiger partial charge in [-0.2, -0.15) is 0 Å². The van der Waals surface area contributed by atoms with Gasteiger partial charge in [-0.1, -0.05) is 54.6 Å². The molecule has 1 amide bonds. The first-order valence-corrected chi connectivity index (χ1v) is 10.1. The maximum Gasteiger partial charge on any atom is 0.330 e. The quantitative estimate of drug-likeness (QED) is 0.479. The van der Waals surface area contributed by atoms with Gasteiger partial charge in [-0.15, -0.1) is 0 Å². The average Bonchev–Trinajstić information content (AvgIpc) is 3.38. The van der Waals surface area contributed by atoms with Crippen molar-refractivity contribution in [2.45, 2.75) is 12.3 Å². The highest BCUT2D eigenvalue weighted by molar-refractivity contribution is 6.08. The Kier molecular flexibility index (Phi) is 4.81. The fourth-order valence-electron chi connectivity index (χ4n) is 4.24. The molecule has 2 aliphatic rings. The van der Waals surface area contributed by atoms with Gasteiger partial charge in [-0.25, -0.2) is 4.79 Å². The molecule has 0 radical (unpaired) electrons. The van der Waals surface area contributed by atoms with E-state index in [2.05, 4.69) is 12.1 Å². The molecule has 2 heterocycles. The largest absolute Gasteiger partial charge is 0.466 e. The number of rotatable bonds is 4. The molecule has 1 saturated heterocycles. The highest BCUT2D eigenvalue weighted by atomic mass is 16.7. The molecule has 3 aromatic rings. The van der Waals surface area contributed by atoms with E-state index in [1.807, 2.05) is 48.5 Å². The van der Waals surface area contributed by atoms with Crippen LogP contribution in [0.5, 0.6) is 0 Å². The lowest BCUT2D eigenvalue weighted by Gasteiger charge is -2.22. The van der Waals surface area contributed by atoms with Gasteiger partial charge in [0.25, 0.3) is 11.7 Å². The summed E-state index contributed by atoms with van der Waals surface area (Å²) in [5.41, 5.74) is 3.04. The zero-order chi connectivity index (χ0) is 21.4. The third kappa shape index (κ3) is 3.21. The second kappa shape index (κ2) is 7.65. The molecule has 0 atom stereocenters. The Balaban J connectivity index is 1.60. The van der Waals surface area contributed by atoms with Crippen molar-refractivity contribution in [3.63, 3.8) is 0 Å². The van der Waals surface area contributed by atoms with Crippen LogP contribution in [0.3, 0.4) is 0 Å². The molecule has 156 valence electrons. The zero-order valence-electron chi connectivity index (χ0n) is 17.0. The molecule has 31 heavy (non-hydrogen) atoms. The van der Waals surface area contributed by atoms with Crippen molar-refractivity contribution in [2.24, 2.45) is 0 Å². The first-order chi connectivity index (χ1) is 15.1. The van der Waals surface area contributed by atoms with E-state index in [-0.39, 0.29) is 5.91 Å². The highest BCUT2D eigenvalue weighted by Crippen LogP contribution is 2.48. The number of amides is 1. The lowest BCUT2D eigenvalue weighted by Crippen LogP contribution is -2.40. The molecule has 0 N–H and O–H groups in total. The molecule has 2 aliphatic heterocycles. The summed E-state index contributed by atoms with van der Waals surface area (Å²) in [6.45, 7) is 1.04. The standard InChI is InChI=1S/C25H21NO5/c1-29-22(27)12-11-19-7-4-8-21-23(19)26(24(28)25(21)30-13-14-31-25)16-17-9-10-18-5-2-3-6-20(18)15-17/h2-12,15H,13-14,16H2,1H3. The number of carbonyl (C=O) groups excluding carboxylic acids is 2. The van der Waals surface area contributed by atoms with Crippen molar-refractivity contribution in [1.29, 1.82) is 0 Å². The number of esters is 1. The number of methoxy groups -OCH3 is 1. The minimum absolute atomic E-state index is 0.257. The number of anilines is 1. The highest BCUT2D eigenvalue weighted by Gasteiger charge is 2.56. The van der Waals surface area contributed by atoms with Gasteiger partial charge in [0.1, 0.15) is 0 Å². The summed E-state index contributed by atoms with van der Waals surface area (Å²) in [5, 5.41) is 2.24. The van der Waals surface area contributed by atoms with Crippen LogP contribution in [0.25, 0.3) is 16.8 Å². The SMILES string of the molecule is COC(=O)C=Cc1cccc2c1N(Cc1ccc3ccccc3c1)C(=O)C21OCCO1. The van der Waals surface area contributed by atoms with Crippen molar-refractivity contribution in [1.82, 2.24) is 0 Å². The zero-order valence-corrected chi connectivity index (χ0v) is 17.0. The van der Waals surface area contributed by atoms with E-state index in [4.69, 9.17) is 14.2 Å². The second-order valence-electron chi connectivity index (χ2n) is 7.49. The minimum Gasteiger partial charge on any atom is -0.466 e. The third-order valence-electron chi connectivity index (χ3n) is 5.67. The fourth-order valence-corrected chi connectivity index (χ4v) is 4.24. The first kappa shape index (κ1) is 19.5. The van der Waals surface area contributed by atoms with Crippen LogP contribution in [0, 0.1) is 0 Å². The Hall–Kier alpha value is -3.48. The van der Waals surface area contributed by atoms with Crippen molar-refractivity contribution in [3.8, 4) is 0 Å². The number of para-hydroxylation sites is 1. The predicted molar refractivity (Wildman–Crippen MR) is 116 cm³/mol. The van der Waals surface area contributed by atoms with E-state index in [0.29, 0.717) is 36.6 Å². The normalized spacial score (nSPS) is 17.1. The number of nitrogens with zero attached hydrogens (tertiary/aromatic N) is 1. The van der Waals surface area contributed by atoms with Gasteiger partial charge in [-0.3, -0.25) is 4.79 Å². The molecule has 6 heteroatoms. The van der Waals surface area contributed by atoms with Crippen LogP contribution in [0.1, 0.15) is 16.7 Å². The first-order valence-electron chi connectivity index (χ1n) is 10.1. The molecule has 0 aliphatic carbocycles. The van der Waals surface area contributed by atoms with Crippen molar-refractivity contribution in [3.05, 3.63) is 83.4 Å². The lowest BCUT2D eigenvalue weighted by atomic mass is 10.0. The van der Waals surface area contributed by atoms with Crippen LogP contribution >= 0.6 is 0 Å². The van der Waals surface area contributed by atoms with E-state index < -0.39 is 11.8 Å². The van der Waals surface area contributed by atoms with Crippen molar-refractivity contribution >= 4 is 34.4 Å². The van der Waals surface area contributed by atoms with E-state index in [0.717, 1.165) is 16.3 Å². The summed E-state index contributed by atoms with van der Waals surface area (Å²) < 4.78 is 16.4. The Labute approximate surface area is 179 Å². The molecule has 0 unspecified atom stereocenters. The third-order valence-corrected chi connectivity index (χ3v) is 5.67. The molecular weight excluding hydrogens is 394 g/mol. The molecule has 3 aromatic carbocycles. The van der Waals surface area contributed by atoms with Gasteiger partial charge in [0.05, 0.1) is 32.6 Å².